The monoisotopic (exact) mass is 392 g/mol. The lowest BCUT2D eigenvalue weighted by atomic mass is 10.2. The number of anilines is 1. The van der Waals surface area contributed by atoms with Crippen molar-refractivity contribution in [2.75, 3.05) is 12.4 Å². The van der Waals surface area contributed by atoms with Crippen LogP contribution in [0.4, 0.5) is 5.69 Å². The second-order valence-corrected chi connectivity index (χ2v) is 6.90. The van der Waals surface area contributed by atoms with E-state index in [9.17, 15) is 9.90 Å². The van der Waals surface area contributed by atoms with E-state index in [0.29, 0.717) is 21.3 Å². The number of hydrogen-bond acceptors (Lipinski definition) is 5. The van der Waals surface area contributed by atoms with Crippen molar-refractivity contribution in [2.24, 2.45) is 0 Å². The first-order valence-electron chi connectivity index (χ1n) is 7.15. The summed E-state index contributed by atoms with van der Waals surface area (Å²) in [6, 6.07) is 11.8. The molecule has 1 aromatic heterocycles. The van der Waals surface area contributed by atoms with Gasteiger partial charge in [0.15, 0.2) is 5.11 Å². The van der Waals surface area contributed by atoms with Crippen LogP contribution in [-0.4, -0.2) is 23.2 Å². The molecule has 3 rings (SSSR count). The molecule has 2 aromatic carbocycles. The molecule has 0 aliphatic carbocycles. The second kappa shape index (κ2) is 7.26. The molecule has 3 aromatic rings. The summed E-state index contributed by atoms with van der Waals surface area (Å²) in [6.45, 7) is 0. The topological polar surface area (TPSA) is 70.6 Å². The van der Waals surface area contributed by atoms with E-state index < -0.39 is 0 Å². The minimum Gasteiger partial charge on any atom is -0.508 e. The molecule has 5 nitrogen and oxygen atoms in total. The Morgan fingerprint density at radius 2 is 1.96 bits per heavy atom. The largest absolute Gasteiger partial charge is 0.508 e. The van der Waals surface area contributed by atoms with E-state index >= 15 is 0 Å². The van der Waals surface area contributed by atoms with Crippen molar-refractivity contribution in [3.63, 3.8) is 0 Å². The Balaban J connectivity index is 1.76. The van der Waals surface area contributed by atoms with Crippen LogP contribution in [-0.2, 0) is 0 Å². The number of methoxy groups -OCH3 is 1. The number of phenols is 1. The Morgan fingerprint density at radius 1 is 1.24 bits per heavy atom. The first kappa shape index (κ1) is 17.5. The van der Waals surface area contributed by atoms with Crippen LogP contribution in [0.25, 0.3) is 10.1 Å². The molecule has 0 aliphatic heterocycles. The van der Waals surface area contributed by atoms with Gasteiger partial charge in [0.05, 0.1) is 12.1 Å². The van der Waals surface area contributed by atoms with E-state index in [4.69, 9.17) is 28.6 Å². The van der Waals surface area contributed by atoms with E-state index in [0.717, 1.165) is 10.1 Å². The third-order valence-corrected chi connectivity index (χ3v) is 5.26. The Bertz CT molecular complexity index is 954. The molecule has 0 radical (unpaired) electrons. The number of benzene rings is 2. The number of thiophene rings is 1. The molecule has 1 amide bonds. The first-order chi connectivity index (χ1) is 12.0. The van der Waals surface area contributed by atoms with E-state index in [1.54, 1.807) is 25.3 Å². The summed E-state index contributed by atoms with van der Waals surface area (Å²) in [5, 5.41) is 16.1. The van der Waals surface area contributed by atoms with E-state index in [1.807, 2.05) is 12.1 Å². The van der Waals surface area contributed by atoms with Gasteiger partial charge >= 0.3 is 0 Å². The molecule has 0 fully saturated rings. The fourth-order valence-electron chi connectivity index (χ4n) is 2.19. The normalized spacial score (nSPS) is 10.5. The molecule has 0 spiro atoms. The van der Waals surface area contributed by atoms with Crippen LogP contribution in [0.2, 0.25) is 5.02 Å². The second-order valence-electron chi connectivity index (χ2n) is 5.06. The number of rotatable bonds is 3. The van der Waals surface area contributed by atoms with E-state index in [-0.39, 0.29) is 16.8 Å². The van der Waals surface area contributed by atoms with Gasteiger partial charge in [-0.05, 0) is 54.7 Å². The van der Waals surface area contributed by atoms with Crippen molar-refractivity contribution < 1.29 is 14.6 Å². The zero-order valence-corrected chi connectivity index (χ0v) is 15.4. The average molecular weight is 393 g/mol. The molecule has 0 unspecified atom stereocenters. The summed E-state index contributed by atoms with van der Waals surface area (Å²) in [5.41, 5.74) is 0.648. The van der Waals surface area contributed by atoms with Gasteiger partial charge < -0.3 is 15.2 Å². The van der Waals surface area contributed by atoms with E-state index in [1.165, 1.54) is 23.5 Å². The summed E-state index contributed by atoms with van der Waals surface area (Å²) >= 11 is 12.7. The number of amides is 1. The summed E-state index contributed by atoms with van der Waals surface area (Å²) in [5.74, 6) is 0.455. The standard InChI is InChI=1S/C17H13ClN2O3S2/c1-23-11-6-7-12-13(8-11)25-15(14(12)18)16(22)20-17(24)19-9-2-4-10(21)5-3-9/h2-8,21H,1H3,(H2,19,20,22,24). The third-order valence-electron chi connectivity index (χ3n) is 3.40. The highest BCUT2D eigenvalue weighted by atomic mass is 35.5. The molecule has 8 heteroatoms. The van der Waals surface area contributed by atoms with Crippen molar-refractivity contribution in [1.82, 2.24) is 5.32 Å². The highest BCUT2D eigenvalue weighted by Gasteiger charge is 2.18. The molecule has 1 heterocycles. The lowest BCUT2D eigenvalue weighted by molar-refractivity contribution is 0.0982. The van der Waals surface area contributed by atoms with Crippen molar-refractivity contribution >= 4 is 61.9 Å². The predicted octanol–water partition coefficient (Wildman–Crippen LogP) is 4.40. The zero-order chi connectivity index (χ0) is 18.0. The van der Waals surface area contributed by atoms with Crippen LogP contribution in [0.15, 0.2) is 42.5 Å². The molecule has 0 bridgehead atoms. The number of carbonyl (C=O) groups is 1. The minimum atomic E-state index is -0.388. The molecule has 25 heavy (non-hydrogen) atoms. The van der Waals surface area contributed by atoms with Gasteiger partial charge in [0, 0.05) is 15.8 Å². The van der Waals surface area contributed by atoms with Gasteiger partial charge in [0.25, 0.3) is 5.91 Å². The van der Waals surface area contributed by atoms with Crippen molar-refractivity contribution in [1.29, 1.82) is 0 Å². The van der Waals surface area contributed by atoms with Crippen LogP contribution >= 0.6 is 35.2 Å². The Hall–Kier alpha value is -2.35. The van der Waals surface area contributed by atoms with Crippen molar-refractivity contribution in [3.05, 3.63) is 52.4 Å². The maximum absolute atomic E-state index is 12.5. The van der Waals surface area contributed by atoms with Gasteiger partial charge in [-0.3, -0.25) is 10.1 Å². The smallest absolute Gasteiger partial charge is 0.269 e. The maximum Gasteiger partial charge on any atom is 0.269 e. The summed E-state index contributed by atoms with van der Waals surface area (Å²) < 4.78 is 6.04. The van der Waals surface area contributed by atoms with Crippen LogP contribution in [0.1, 0.15) is 9.67 Å². The molecular formula is C17H13ClN2O3S2. The number of carbonyl (C=O) groups excluding carboxylic acids is 1. The molecule has 128 valence electrons. The Morgan fingerprint density at radius 3 is 2.64 bits per heavy atom. The highest BCUT2D eigenvalue weighted by molar-refractivity contribution is 7.80. The molecule has 0 saturated carbocycles. The predicted molar refractivity (Wildman–Crippen MR) is 105 cm³/mol. The number of hydrogen-bond donors (Lipinski definition) is 3. The van der Waals surface area contributed by atoms with Crippen LogP contribution < -0.4 is 15.4 Å². The molecular weight excluding hydrogens is 380 g/mol. The maximum atomic E-state index is 12.5. The Kier molecular flexibility index (Phi) is 5.08. The summed E-state index contributed by atoms with van der Waals surface area (Å²) in [6.07, 6.45) is 0. The number of phenolic OH excluding ortho intramolecular Hbond substituents is 1. The van der Waals surface area contributed by atoms with Crippen LogP contribution in [0, 0.1) is 0 Å². The third kappa shape index (κ3) is 3.84. The van der Waals surface area contributed by atoms with Gasteiger partial charge in [-0.15, -0.1) is 11.3 Å². The van der Waals surface area contributed by atoms with Crippen LogP contribution in [0.5, 0.6) is 11.5 Å². The number of halogens is 1. The van der Waals surface area contributed by atoms with Gasteiger partial charge in [-0.1, -0.05) is 11.6 Å². The van der Waals surface area contributed by atoms with E-state index in [2.05, 4.69) is 10.6 Å². The Labute approximate surface area is 158 Å². The highest BCUT2D eigenvalue weighted by Crippen LogP contribution is 2.37. The molecule has 3 N–H and O–H groups in total. The van der Waals surface area contributed by atoms with Gasteiger partial charge in [-0.2, -0.15) is 0 Å². The first-order valence-corrected chi connectivity index (χ1v) is 8.75. The molecule has 0 aliphatic rings. The van der Waals surface area contributed by atoms with Gasteiger partial charge in [-0.25, -0.2) is 0 Å². The fourth-order valence-corrected chi connectivity index (χ4v) is 3.84. The van der Waals surface area contributed by atoms with Gasteiger partial charge in [0.1, 0.15) is 16.4 Å². The quantitative estimate of drug-likeness (QED) is 0.455. The number of nitrogens with one attached hydrogen (secondary N) is 2. The molecule has 0 saturated heterocycles. The molecule has 0 atom stereocenters. The summed E-state index contributed by atoms with van der Waals surface area (Å²) in [4.78, 5) is 12.8. The number of ether oxygens (including phenoxy) is 1. The average Bonchev–Trinajstić information content (AvgIpc) is 2.93. The zero-order valence-electron chi connectivity index (χ0n) is 13.0. The lowest BCUT2D eigenvalue weighted by Crippen LogP contribution is -2.33. The van der Waals surface area contributed by atoms with Gasteiger partial charge in [0.2, 0.25) is 0 Å². The minimum absolute atomic E-state index is 0.141. The van der Waals surface area contributed by atoms with Crippen molar-refractivity contribution in [2.45, 2.75) is 0 Å². The number of fused-ring (bicyclic) bond motifs is 1. The summed E-state index contributed by atoms with van der Waals surface area (Å²) in [7, 11) is 1.58. The SMILES string of the molecule is COc1ccc2c(Cl)c(C(=O)NC(=S)Nc3ccc(O)cc3)sc2c1. The lowest BCUT2D eigenvalue weighted by Gasteiger charge is -2.09. The number of aromatic hydroxyl groups is 1. The fraction of sp³-hybridized carbons (Fsp3) is 0.0588. The van der Waals surface area contributed by atoms with Crippen LogP contribution in [0.3, 0.4) is 0 Å². The number of thiocarbonyl (C=S) groups is 1. The van der Waals surface area contributed by atoms with Crippen molar-refractivity contribution in [3.8, 4) is 11.5 Å².